The van der Waals surface area contributed by atoms with E-state index < -0.39 is 5.82 Å². The summed E-state index contributed by atoms with van der Waals surface area (Å²) < 4.78 is 19.8. The van der Waals surface area contributed by atoms with Crippen LogP contribution in [0.15, 0.2) is 36.7 Å². The van der Waals surface area contributed by atoms with E-state index in [0.717, 1.165) is 0 Å². The monoisotopic (exact) mass is 316 g/mol. The summed E-state index contributed by atoms with van der Waals surface area (Å²) in [7, 11) is 0. The Balaban J connectivity index is 0.00000200. The maximum atomic E-state index is 14.4. The molecule has 0 spiro atoms. The number of hydrogen-bond acceptors (Lipinski definition) is 3. The van der Waals surface area contributed by atoms with E-state index in [1.54, 1.807) is 36.7 Å². The molecule has 0 aliphatic rings. The van der Waals surface area contributed by atoms with Crippen molar-refractivity contribution in [1.29, 1.82) is 0 Å². The lowest BCUT2D eigenvalue weighted by atomic mass is 10.0. The second-order valence-electron chi connectivity index (χ2n) is 4.08. The predicted octanol–water partition coefficient (Wildman–Crippen LogP) is 4.50. The van der Waals surface area contributed by atoms with Crippen molar-refractivity contribution in [3.63, 3.8) is 0 Å². The van der Waals surface area contributed by atoms with Crippen LogP contribution in [-0.4, -0.2) is 4.98 Å². The van der Waals surface area contributed by atoms with Crippen LogP contribution < -0.4 is 10.5 Å². The van der Waals surface area contributed by atoms with E-state index in [0.29, 0.717) is 17.7 Å². The molecule has 2 rings (SSSR count). The van der Waals surface area contributed by atoms with E-state index >= 15 is 0 Å². The Bertz CT molecular complexity index is 567. The fourth-order valence-electron chi connectivity index (χ4n) is 1.67. The fraction of sp³-hybridized carbons (Fsp3) is 0.214. The molecule has 0 saturated heterocycles. The Labute approximate surface area is 128 Å². The normalized spacial score (nSPS) is 11.6. The van der Waals surface area contributed by atoms with Gasteiger partial charge in [-0.15, -0.1) is 12.4 Å². The van der Waals surface area contributed by atoms with Gasteiger partial charge in [0, 0.05) is 24.0 Å². The average Bonchev–Trinajstić information content (AvgIpc) is 2.44. The van der Waals surface area contributed by atoms with Gasteiger partial charge in [0.25, 0.3) is 0 Å². The van der Waals surface area contributed by atoms with Gasteiger partial charge in [-0.25, -0.2) is 4.39 Å². The number of halogens is 3. The Kier molecular flexibility index (Phi) is 6.20. The third-order valence-electron chi connectivity index (χ3n) is 2.79. The predicted molar refractivity (Wildman–Crippen MR) is 80.2 cm³/mol. The van der Waals surface area contributed by atoms with Gasteiger partial charge < -0.3 is 10.5 Å². The van der Waals surface area contributed by atoms with Crippen LogP contribution >= 0.6 is 24.0 Å². The number of aromatic nitrogens is 1. The molecule has 0 unspecified atom stereocenters. The lowest BCUT2D eigenvalue weighted by molar-refractivity contribution is 0.434. The molecule has 20 heavy (non-hydrogen) atoms. The van der Waals surface area contributed by atoms with E-state index in [1.165, 1.54) is 0 Å². The third-order valence-corrected chi connectivity index (χ3v) is 3.09. The topological polar surface area (TPSA) is 48.1 Å². The Hall–Kier alpha value is -1.36. The van der Waals surface area contributed by atoms with Gasteiger partial charge in [-0.3, -0.25) is 4.98 Å². The molecule has 1 atom stereocenters. The lowest BCUT2D eigenvalue weighted by Crippen LogP contribution is -2.11. The molecule has 0 saturated carbocycles. The summed E-state index contributed by atoms with van der Waals surface area (Å²) in [5, 5.41) is 0.210. The number of benzene rings is 1. The minimum Gasteiger partial charge on any atom is -0.453 e. The summed E-state index contributed by atoms with van der Waals surface area (Å²) in [6, 6.07) is 6.05. The molecular formula is C14H15Cl2FN2O. The molecule has 0 aliphatic carbocycles. The van der Waals surface area contributed by atoms with Crippen LogP contribution in [0.5, 0.6) is 11.5 Å². The van der Waals surface area contributed by atoms with E-state index in [1.807, 2.05) is 6.92 Å². The van der Waals surface area contributed by atoms with E-state index in [4.69, 9.17) is 22.1 Å². The molecule has 3 nitrogen and oxygen atoms in total. The van der Waals surface area contributed by atoms with Crippen LogP contribution in [0.2, 0.25) is 5.02 Å². The summed E-state index contributed by atoms with van der Waals surface area (Å²) in [4.78, 5) is 3.86. The molecule has 0 radical (unpaired) electrons. The highest BCUT2D eigenvalue weighted by Crippen LogP contribution is 2.35. The van der Waals surface area contributed by atoms with Crippen molar-refractivity contribution in [2.45, 2.75) is 19.4 Å². The molecule has 1 aromatic heterocycles. The first kappa shape index (κ1) is 16.7. The van der Waals surface area contributed by atoms with E-state index in [2.05, 4.69) is 4.98 Å². The first-order valence-electron chi connectivity index (χ1n) is 5.94. The molecule has 0 aliphatic heterocycles. The van der Waals surface area contributed by atoms with Crippen molar-refractivity contribution in [3.8, 4) is 11.5 Å². The number of nitrogens with zero attached hydrogens (tertiary/aromatic N) is 1. The van der Waals surface area contributed by atoms with Gasteiger partial charge in [-0.2, -0.15) is 0 Å². The van der Waals surface area contributed by atoms with Gasteiger partial charge in [0.05, 0.1) is 5.02 Å². The standard InChI is InChI=1S/C14H14ClFN2O.ClH/c1-2-12(17)10-3-4-11(15)14(13(10)16)19-9-5-7-18-8-6-9;/h3-8,12H,2,17H2,1H3;1H/t12-;/m1./s1. The second kappa shape index (κ2) is 7.43. The van der Waals surface area contributed by atoms with Crippen LogP contribution in [0, 0.1) is 5.82 Å². The second-order valence-corrected chi connectivity index (χ2v) is 4.49. The fourth-order valence-corrected chi connectivity index (χ4v) is 1.86. The van der Waals surface area contributed by atoms with Gasteiger partial charge in [0.1, 0.15) is 5.75 Å². The summed E-state index contributed by atoms with van der Waals surface area (Å²) >= 11 is 5.98. The highest BCUT2D eigenvalue weighted by molar-refractivity contribution is 6.32. The number of pyridine rings is 1. The van der Waals surface area contributed by atoms with Gasteiger partial charge in [-0.05, 0) is 24.6 Å². The third kappa shape index (κ3) is 3.60. The van der Waals surface area contributed by atoms with Crippen LogP contribution in [0.25, 0.3) is 0 Å². The first-order valence-corrected chi connectivity index (χ1v) is 6.32. The Morgan fingerprint density at radius 2 is 1.95 bits per heavy atom. The van der Waals surface area contributed by atoms with Crippen LogP contribution in [0.3, 0.4) is 0 Å². The number of nitrogens with two attached hydrogens (primary N) is 1. The summed E-state index contributed by atoms with van der Waals surface area (Å²) in [6.45, 7) is 1.89. The minimum absolute atomic E-state index is 0. The molecule has 0 bridgehead atoms. The number of ether oxygens (including phenoxy) is 1. The molecule has 1 heterocycles. The molecule has 6 heteroatoms. The van der Waals surface area contributed by atoms with Gasteiger partial charge in [-0.1, -0.05) is 24.6 Å². The zero-order valence-electron chi connectivity index (χ0n) is 10.8. The highest BCUT2D eigenvalue weighted by Gasteiger charge is 2.18. The molecule has 2 aromatic rings. The molecule has 108 valence electrons. The summed E-state index contributed by atoms with van der Waals surface area (Å²) in [5.74, 6) is -0.0500. The van der Waals surface area contributed by atoms with Crippen LogP contribution in [-0.2, 0) is 0 Å². The minimum atomic E-state index is -0.515. The lowest BCUT2D eigenvalue weighted by Gasteiger charge is -2.15. The summed E-state index contributed by atoms with van der Waals surface area (Å²) in [5.41, 5.74) is 6.26. The zero-order valence-corrected chi connectivity index (χ0v) is 12.4. The maximum Gasteiger partial charge on any atom is 0.181 e. The molecule has 0 fully saturated rings. The van der Waals surface area contributed by atoms with E-state index in [9.17, 15) is 4.39 Å². The van der Waals surface area contributed by atoms with Crippen molar-refractivity contribution >= 4 is 24.0 Å². The van der Waals surface area contributed by atoms with Crippen LogP contribution in [0.1, 0.15) is 24.9 Å². The average molecular weight is 317 g/mol. The van der Waals surface area contributed by atoms with Crippen molar-refractivity contribution in [2.24, 2.45) is 5.73 Å². The number of hydrogen-bond donors (Lipinski definition) is 1. The Morgan fingerprint density at radius 1 is 1.30 bits per heavy atom. The molecular weight excluding hydrogens is 302 g/mol. The molecule has 0 amide bonds. The SMILES string of the molecule is CC[C@@H](N)c1ccc(Cl)c(Oc2ccncc2)c1F.Cl. The van der Waals surface area contributed by atoms with Crippen molar-refractivity contribution in [3.05, 3.63) is 53.1 Å². The van der Waals surface area contributed by atoms with Crippen molar-refractivity contribution in [2.75, 3.05) is 0 Å². The highest BCUT2D eigenvalue weighted by atomic mass is 35.5. The molecule has 1 aromatic carbocycles. The van der Waals surface area contributed by atoms with E-state index in [-0.39, 0.29) is 29.2 Å². The first-order chi connectivity index (χ1) is 9.13. The smallest absolute Gasteiger partial charge is 0.181 e. The van der Waals surface area contributed by atoms with Gasteiger partial charge in [0.2, 0.25) is 0 Å². The molecule has 2 N–H and O–H groups in total. The zero-order chi connectivity index (χ0) is 13.8. The van der Waals surface area contributed by atoms with Crippen molar-refractivity contribution < 1.29 is 9.13 Å². The van der Waals surface area contributed by atoms with Crippen LogP contribution in [0.4, 0.5) is 4.39 Å². The van der Waals surface area contributed by atoms with Gasteiger partial charge >= 0.3 is 0 Å². The number of rotatable bonds is 4. The van der Waals surface area contributed by atoms with Crippen molar-refractivity contribution in [1.82, 2.24) is 4.98 Å². The maximum absolute atomic E-state index is 14.4. The summed E-state index contributed by atoms with van der Waals surface area (Å²) in [6.07, 6.45) is 3.75. The van der Waals surface area contributed by atoms with Gasteiger partial charge in [0.15, 0.2) is 11.6 Å². The largest absolute Gasteiger partial charge is 0.453 e. The Morgan fingerprint density at radius 3 is 2.55 bits per heavy atom. The quantitative estimate of drug-likeness (QED) is 0.903.